The molecule has 4 nitrogen and oxygen atoms in total. The Balaban J connectivity index is 4.20. The Kier molecular flexibility index (Phi) is 7.35. The van der Waals surface area contributed by atoms with Gasteiger partial charge in [0.15, 0.2) is 0 Å². The van der Waals surface area contributed by atoms with Gasteiger partial charge in [0.05, 0.1) is 11.3 Å². The molecule has 0 aliphatic rings. The van der Waals surface area contributed by atoms with E-state index in [1.807, 2.05) is 19.9 Å². The van der Waals surface area contributed by atoms with Crippen LogP contribution in [-0.2, 0) is 10.0 Å². The van der Waals surface area contributed by atoms with Crippen LogP contribution in [-0.4, -0.2) is 20.2 Å². The van der Waals surface area contributed by atoms with Crippen molar-refractivity contribution in [3.63, 3.8) is 0 Å². The molecule has 0 aliphatic heterocycles. The lowest BCUT2D eigenvalue weighted by Crippen LogP contribution is -2.34. The maximum Gasteiger partial charge on any atom is 0.214 e. The van der Waals surface area contributed by atoms with E-state index in [4.69, 9.17) is 5.26 Å². The Labute approximate surface area is 92.7 Å². The molecular weight excluding hydrogens is 212 g/mol. The van der Waals surface area contributed by atoms with Crippen molar-refractivity contribution in [3.8, 4) is 6.07 Å². The van der Waals surface area contributed by atoms with E-state index in [2.05, 4.69) is 4.72 Å². The van der Waals surface area contributed by atoms with Crippen molar-refractivity contribution in [2.75, 3.05) is 6.54 Å². The third-order valence-corrected chi connectivity index (χ3v) is 4.37. The highest BCUT2D eigenvalue weighted by molar-refractivity contribution is 7.90. The van der Waals surface area contributed by atoms with E-state index >= 15 is 0 Å². The molecule has 0 heterocycles. The first kappa shape index (κ1) is 14.4. The smallest absolute Gasteiger partial charge is 0.214 e. The minimum Gasteiger partial charge on any atom is -0.214 e. The summed E-state index contributed by atoms with van der Waals surface area (Å²) in [5, 5.41) is 8.01. The molecule has 0 saturated carbocycles. The zero-order chi connectivity index (χ0) is 11.7. The molecule has 0 spiro atoms. The number of hydrogen-bond donors (Lipinski definition) is 1. The normalized spacial score (nSPS) is 13.4. The Hall–Kier alpha value is -0.600. The molecule has 0 radical (unpaired) electrons. The number of rotatable bonds is 8. The number of hydrogen-bond acceptors (Lipinski definition) is 3. The van der Waals surface area contributed by atoms with Crippen LogP contribution in [0.25, 0.3) is 0 Å². The highest BCUT2D eigenvalue weighted by Crippen LogP contribution is 2.12. The highest BCUT2D eigenvalue weighted by Gasteiger charge is 2.22. The molecule has 88 valence electrons. The molecular formula is C10H20N2O2S. The number of nitriles is 1. The quantitative estimate of drug-likeness (QED) is 0.649. The zero-order valence-electron chi connectivity index (χ0n) is 9.49. The third kappa shape index (κ3) is 5.75. The van der Waals surface area contributed by atoms with E-state index < -0.39 is 10.0 Å². The van der Waals surface area contributed by atoms with Crippen molar-refractivity contribution < 1.29 is 8.42 Å². The number of unbranched alkanes of at least 4 members (excludes halogenated alkanes) is 1. The van der Waals surface area contributed by atoms with Gasteiger partial charge in [0.25, 0.3) is 0 Å². The topological polar surface area (TPSA) is 70.0 Å². The van der Waals surface area contributed by atoms with Crippen LogP contribution in [0.5, 0.6) is 0 Å². The lowest BCUT2D eigenvalue weighted by Gasteiger charge is -2.15. The van der Waals surface area contributed by atoms with Gasteiger partial charge in [0.1, 0.15) is 0 Å². The van der Waals surface area contributed by atoms with Gasteiger partial charge in [-0.1, -0.05) is 26.7 Å². The van der Waals surface area contributed by atoms with Gasteiger partial charge in [0, 0.05) is 13.0 Å². The first-order valence-electron chi connectivity index (χ1n) is 5.43. The first-order chi connectivity index (χ1) is 7.08. The molecule has 0 bridgehead atoms. The van der Waals surface area contributed by atoms with Gasteiger partial charge in [-0.3, -0.25) is 0 Å². The molecule has 15 heavy (non-hydrogen) atoms. The lowest BCUT2D eigenvalue weighted by atomic mass is 10.2. The molecule has 0 aromatic rings. The summed E-state index contributed by atoms with van der Waals surface area (Å²) in [6.07, 6.45) is 3.49. The van der Waals surface area contributed by atoms with Crippen LogP contribution < -0.4 is 4.72 Å². The molecule has 0 aromatic carbocycles. The Morgan fingerprint density at radius 2 is 2.07 bits per heavy atom. The van der Waals surface area contributed by atoms with E-state index in [0.29, 0.717) is 12.8 Å². The summed E-state index contributed by atoms with van der Waals surface area (Å²) in [4.78, 5) is 0. The number of nitrogens with zero attached hydrogens (tertiary/aromatic N) is 1. The fourth-order valence-electron chi connectivity index (χ4n) is 1.38. The number of sulfonamides is 1. The zero-order valence-corrected chi connectivity index (χ0v) is 10.3. The van der Waals surface area contributed by atoms with Crippen molar-refractivity contribution in [3.05, 3.63) is 0 Å². The van der Waals surface area contributed by atoms with E-state index in [0.717, 1.165) is 12.8 Å². The Morgan fingerprint density at radius 1 is 1.40 bits per heavy atom. The average Bonchev–Trinajstić information content (AvgIpc) is 2.19. The summed E-state index contributed by atoms with van der Waals surface area (Å²) >= 11 is 0. The van der Waals surface area contributed by atoms with Gasteiger partial charge in [-0.15, -0.1) is 0 Å². The van der Waals surface area contributed by atoms with Crippen molar-refractivity contribution in [1.29, 1.82) is 5.26 Å². The molecule has 0 rings (SSSR count). The van der Waals surface area contributed by atoms with Gasteiger partial charge in [-0.05, 0) is 12.8 Å². The van der Waals surface area contributed by atoms with E-state index in [9.17, 15) is 8.42 Å². The summed E-state index contributed by atoms with van der Waals surface area (Å²) < 4.78 is 25.9. The van der Waals surface area contributed by atoms with Crippen LogP contribution in [0.4, 0.5) is 0 Å². The minimum atomic E-state index is -3.22. The van der Waals surface area contributed by atoms with Gasteiger partial charge >= 0.3 is 0 Å². The standard InChI is InChI=1S/C10H20N2O2S/c1-3-5-7-10(4-2)15(13,14)12-9-6-8-11/h10,12H,3-7,9H2,1-2H3. The summed E-state index contributed by atoms with van der Waals surface area (Å²) in [7, 11) is -3.22. The maximum atomic E-state index is 11.7. The SMILES string of the molecule is CCCCC(CC)S(=O)(=O)NCCC#N. The summed E-state index contributed by atoms with van der Waals surface area (Å²) in [6.45, 7) is 4.15. The molecule has 0 aliphatic carbocycles. The van der Waals surface area contributed by atoms with Gasteiger partial charge < -0.3 is 0 Å². The number of nitrogens with one attached hydrogen (secondary N) is 1. The van der Waals surface area contributed by atoms with Crippen LogP contribution in [0.3, 0.4) is 0 Å². The van der Waals surface area contributed by atoms with E-state index in [1.54, 1.807) is 0 Å². The largest absolute Gasteiger partial charge is 0.214 e. The fraction of sp³-hybridized carbons (Fsp3) is 0.900. The molecule has 5 heteroatoms. The van der Waals surface area contributed by atoms with E-state index in [1.165, 1.54) is 0 Å². The van der Waals surface area contributed by atoms with Crippen molar-refractivity contribution >= 4 is 10.0 Å². The maximum absolute atomic E-state index is 11.7. The Morgan fingerprint density at radius 3 is 2.53 bits per heavy atom. The Bertz CT molecular complexity index is 293. The van der Waals surface area contributed by atoms with Gasteiger partial charge in [-0.2, -0.15) is 5.26 Å². The molecule has 0 amide bonds. The summed E-state index contributed by atoms with van der Waals surface area (Å²) in [5.74, 6) is 0. The molecule has 0 saturated heterocycles. The summed E-state index contributed by atoms with van der Waals surface area (Å²) in [5.41, 5.74) is 0. The summed E-state index contributed by atoms with van der Waals surface area (Å²) in [6, 6.07) is 1.91. The van der Waals surface area contributed by atoms with Gasteiger partial charge in [0.2, 0.25) is 10.0 Å². The van der Waals surface area contributed by atoms with Crippen LogP contribution in [0.1, 0.15) is 46.0 Å². The van der Waals surface area contributed by atoms with Crippen LogP contribution in [0.2, 0.25) is 0 Å². The monoisotopic (exact) mass is 232 g/mol. The highest BCUT2D eigenvalue weighted by atomic mass is 32.2. The molecule has 1 N–H and O–H groups in total. The lowest BCUT2D eigenvalue weighted by molar-refractivity contribution is 0.545. The second kappa shape index (κ2) is 7.66. The van der Waals surface area contributed by atoms with Crippen molar-refractivity contribution in [1.82, 2.24) is 4.72 Å². The third-order valence-electron chi connectivity index (χ3n) is 2.31. The predicted octanol–water partition coefficient (Wildman–Crippen LogP) is 1.79. The molecule has 0 fully saturated rings. The van der Waals surface area contributed by atoms with Crippen LogP contribution in [0, 0.1) is 11.3 Å². The fourth-order valence-corrected chi connectivity index (χ4v) is 2.92. The van der Waals surface area contributed by atoms with Crippen molar-refractivity contribution in [2.45, 2.75) is 51.2 Å². The minimum absolute atomic E-state index is 0.224. The van der Waals surface area contributed by atoms with Crippen LogP contribution in [0.15, 0.2) is 0 Å². The predicted molar refractivity (Wildman–Crippen MR) is 60.8 cm³/mol. The second-order valence-corrected chi connectivity index (χ2v) is 5.57. The molecule has 1 atom stereocenters. The van der Waals surface area contributed by atoms with Crippen molar-refractivity contribution in [2.24, 2.45) is 0 Å². The van der Waals surface area contributed by atoms with Gasteiger partial charge in [-0.25, -0.2) is 13.1 Å². The molecule has 1 unspecified atom stereocenters. The second-order valence-electron chi connectivity index (χ2n) is 3.52. The molecule has 0 aromatic heterocycles. The average molecular weight is 232 g/mol. The van der Waals surface area contributed by atoms with Crippen LogP contribution >= 0.6 is 0 Å². The van der Waals surface area contributed by atoms with E-state index in [-0.39, 0.29) is 18.2 Å². The first-order valence-corrected chi connectivity index (χ1v) is 6.98.